The Morgan fingerprint density at radius 2 is 2.42 bits per heavy atom. The molecule has 2 rings (SSSR count). The fourth-order valence-electron chi connectivity index (χ4n) is 0.776. The Balaban J connectivity index is 2.50. The molecule has 2 aromatic rings. The first-order valence-corrected chi connectivity index (χ1v) is 3.85. The van der Waals surface area contributed by atoms with Crippen molar-refractivity contribution in [3.63, 3.8) is 0 Å². The lowest BCUT2D eigenvalue weighted by molar-refractivity contribution is 0.521. The highest BCUT2D eigenvalue weighted by Crippen LogP contribution is 2.21. The fourth-order valence-corrected chi connectivity index (χ4v) is 1.12. The lowest BCUT2D eigenvalue weighted by atomic mass is 10.3. The second kappa shape index (κ2) is 2.63. The molecule has 0 saturated heterocycles. The quantitative estimate of drug-likeness (QED) is 0.804. The van der Waals surface area contributed by atoms with E-state index in [1.807, 2.05) is 0 Å². The summed E-state index contributed by atoms with van der Waals surface area (Å²) in [5.74, 6) is -0.364. The maximum absolute atomic E-state index is 10.5. The van der Waals surface area contributed by atoms with E-state index in [0.29, 0.717) is 10.2 Å². The summed E-state index contributed by atoms with van der Waals surface area (Å²) in [5.41, 5.74) is 0.611. The molecule has 0 aliphatic rings. The van der Waals surface area contributed by atoms with Crippen molar-refractivity contribution < 1.29 is 8.83 Å². The Morgan fingerprint density at radius 3 is 2.92 bits per heavy atom. The molecule has 0 aliphatic heterocycles. The molecule has 0 radical (unpaired) electrons. The minimum atomic E-state index is -0.581. The number of hydrogen-bond acceptors (Lipinski definition) is 4. The zero-order chi connectivity index (χ0) is 8.55. The van der Waals surface area contributed by atoms with Crippen LogP contribution in [0, 0.1) is 0 Å². The van der Waals surface area contributed by atoms with Gasteiger partial charge in [-0.3, -0.25) is 0 Å². The molecule has 6 heteroatoms. The van der Waals surface area contributed by atoms with Crippen LogP contribution in [0.4, 0.5) is 0 Å². The number of rotatable bonds is 1. The highest BCUT2D eigenvalue weighted by molar-refractivity contribution is 9.10. The first kappa shape index (κ1) is 7.35. The molecular weight excluding hydrogens is 228 g/mol. The first-order chi connectivity index (χ1) is 5.75. The van der Waals surface area contributed by atoms with E-state index in [9.17, 15) is 4.79 Å². The van der Waals surface area contributed by atoms with Crippen molar-refractivity contribution in [2.24, 2.45) is 0 Å². The zero-order valence-corrected chi connectivity index (χ0v) is 7.29. The number of halogens is 1. The highest BCUT2D eigenvalue weighted by atomic mass is 79.9. The van der Waals surface area contributed by atoms with Crippen LogP contribution in [-0.2, 0) is 0 Å². The fraction of sp³-hybridized carbons (Fsp3) is 0. The molecule has 12 heavy (non-hydrogen) atoms. The first-order valence-electron chi connectivity index (χ1n) is 3.05. The van der Waals surface area contributed by atoms with E-state index in [-0.39, 0.29) is 5.89 Å². The van der Waals surface area contributed by atoms with E-state index in [2.05, 4.69) is 30.5 Å². The third-order valence-corrected chi connectivity index (χ3v) is 1.67. The van der Waals surface area contributed by atoms with Gasteiger partial charge in [-0.25, -0.2) is 9.89 Å². The molecule has 2 heterocycles. The van der Waals surface area contributed by atoms with Gasteiger partial charge in [-0.15, -0.1) is 5.10 Å². The van der Waals surface area contributed by atoms with Crippen molar-refractivity contribution in [3.05, 3.63) is 27.5 Å². The van der Waals surface area contributed by atoms with Crippen molar-refractivity contribution >= 4 is 15.9 Å². The Morgan fingerprint density at radius 1 is 1.58 bits per heavy atom. The lowest BCUT2D eigenvalue weighted by Gasteiger charge is -1.79. The summed E-state index contributed by atoms with van der Waals surface area (Å²) in [5, 5.41) is 5.76. The Hall–Kier alpha value is -1.30. The number of H-pyrrole nitrogens is 1. The number of nitrogens with zero attached hydrogens (tertiary/aromatic N) is 1. The van der Waals surface area contributed by atoms with E-state index in [4.69, 9.17) is 4.42 Å². The minimum absolute atomic E-state index is 0.217. The van der Waals surface area contributed by atoms with Gasteiger partial charge in [-0.2, -0.15) is 0 Å². The van der Waals surface area contributed by atoms with Crippen LogP contribution in [0.1, 0.15) is 0 Å². The summed E-state index contributed by atoms with van der Waals surface area (Å²) < 4.78 is 10.2. The number of nitrogens with one attached hydrogen (secondary N) is 1. The van der Waals surface area contributed by atoms with Gasteiger partial charge in [0.05, 0.1) is 5.56 Å². The summed E-state index contributed by atoms with van der Waals surface area (Å²) in [4.78, 5) is 10.5. The van der Waals surface area contributed by atoms with Crippen molar-refractivity contribution in [2.45, 2.75) is 0 Å². The molecular formula is C6H3BrN2O3. The number of aromatic amines is 1. The second-order valence-corrected chi connectivity index (χ2v) is 2.84. The number of hydrogen-bond donors (Lipinski definition) is 1. The van der Waals surface area contributed by atoms with Crippen LogP contribution < -0.4 is 5.76 Å². The molecule has 5 nitrogen and oxygen atoms in total. The predicted molar refractivity (Wildman–Crippen MR) is 42.5 cm³/mol. The minimum Gasteiger partial charge on any atom is -0.457 e. The van der Waals surface area contributed by atoms with Gasteiger partial charge in [0.1, 0.15) is 6.26 Å². The summed E-state index contributed by atoms with van der Waals surface area (Å²) in [6.07, 6.45) is 1.43. The van der Waals surface area contributed by atoms with Crippen LogP contribution in [0.5, 0.6) is 0 Å². The molecule has 0 atom stereocenters. The second-order valence-electron chi connectivity index (χ2n) is 2.06. The van der Waals surface area contributed by atoms with E-state index >= 15 is 0 Å². The van der Waals surface area contributed by atoms with E-state index in [0.717, 1.165) is 0 Å². The molecule has 62 valence electrons. The maximum Gasteiger partial charge on any atom is 0.434 e. The Kier molecular flexibility index (Phi) is 1.61. The third kappa shape index (κ3) is 1.20. The summed E-state index contributed by atoms with van der Waals surface area (Å²) in [6, 6.07) is 1.65. The van der Waals surface area contributed by atoms with Gasteiger partial charge in [0.15, 0.2) is 4.67 Å². The van der Waals surface area contributed by atoms with E-state index in [1.54, 1.807) is 6.07 Å². The van der Waals surface area contributed by atoms with Crippen molar-refractivity contribution in [2.75, 3.05) is 0 Å². The van der Waals surface area contributed by atoms with Gasteiger partial charge >= 0.3 is 5.76 Å². The predicted octanol–water partition coefficient (Wildman–Crippen LogP) is 1.39. The molecule has 1 N–H and O–H groups in total. The Labute approximate surface area is 74.5 Å². The van der Waals surface area contributed by atoms with Crippen molar-refractivity contribution in [1.82, 2.24) is 10.2 Å². The van der Waals surface area contributed by atoms with Crippen LogP contribution in [0.3, 0.4) is 0 Å². The van der Waals surface area contributed by atoms with Gasteiger partial charge in [0.25, 0.3) is 5.89 Å². The zero-order valence-electron chi connectivity index (χ0n) is 5.70. The average Bonchev–Trinajstić information content (AvgIpc) is 2.58. The van der Waals surface area contributed by atoms with E-state index in [1.165, 1.54) is 6.26 Å². The third-order valence-electron chi connectivity index (χ3n) is 1.25. The lowest BCUT2D eigenvalue weighted by Crippen LogP contribution is -1.93. The van der Waals surface area contributed by atoms with Gasteiger partial charge in [-0.05, 0) is 15.9 Å². The number of furan rings is 1. The van der Waals surface area contributed by atoms with Crippen molar-refractivity contribution in [3.8, 4) is 11.5 Å². The van der Waals surface area contributed by atoms with Gasteiger partial charge < -0.3 is 8.83 Å². The van der Waals surface area contributed by atoms with Gasteiger partial charge in [0.2, 0.25) is 0 Å². The average molecular weight is 231 g/mol. The molecule has 2 aromatic heterocycles. The highest BCUT2D eigenvalue weighted by Gasteiger charge is 2.07. The maximum atomic E-state index is 10.5. The molecule has 0 fully saturated rings. The summed E-state index contributed by atoms with van der Waals surface area (Å²) in [6.45, 7) is 0. The largest absolute Gasteiger partial charge is 0.457 e. The normalized spacial score (nSPS) is 10.4. The van der Waals surface area contributed by atoms with Crippen LogP contribution in [-0.4, -0.2) is 10.2 Å². The summed E-state index contributed by atoms with van der Waals surface area (Å²) >= 11 is 3.11. The molecule has 0 amide bonds. The molecule has 0 aliphatic carbocycles. The summed E-state index contributed by atoms with van der Waals surface area (Å²) in [7, 11) is 0. The standard InChI is InChI=1S/C6H3BrN2O3/c7-4-1-3(2-11-4)5-8-9-6(10)12-5/h1-2H,(H,9,10). The van der Waals surface area contributed by atoms with Crippen LogP contribution >= 0.6 is 15.9 Å². The SMILES string of the molecule is O=c1[nH]nc(-c2coc(Br)c2)o1. The van der Waals surface area contributed by atoms with Crippen LogP contribution in [0.2, 0.25) is 0 Å². The molecule has 0 saturated carbocycles. The molecule has 0 aromatic carbocycles. The van der Waals surface area contributed by atoms with Crippen LogP contribution in [0.25, 0.3) is 11.5 Å². The smallest absolute Gasteiger partial charge is 0.434 e. The molecule has 0 unspecified atom stereocenters. The van der Waals surface area contributed by atoms with Gasteiger partial charge in [-0.1, -0.05) is 0 Å². The Bertz CT molecular complexity index is 441. The molecule has 0 bridgehead atoms. The molecule has 0 spiro atoms. The topological polar surface area (TPSA) is 72.0 Å². The van der Waals surface area contributed by atoms with Crippen LogP contribution in [0.15, 0.2) is 30.6 Å². The van der Waals surface area contributed by atoms with E-state index < -0.39 is 5.76 Å². The van der Waals surface area contributed by atoms with Gasteiger partial charge in [0, 0.05) is 6.07 Å². The monoisotopic (exact) mass is 230 g/mol. The number of aromatic nitrogens is 2. The van der Waals surface area contributed by atoms with Crippen molar-refractivity contribution in [1.29, 1.82) is 0 Å².